The van der Waals surface area contributed by atoms with Crippen molar-refractivity contribution in [3.63, 3.8) is 0 Å². The molecule has 1 unspecified atom stereocenters. The number of amides is 1. The molecule has 1 fully saturated rings. The van der Waals surface area contributed by atoms with Crippen LogP contribution in [0, 0.1) is 6.92 Å². The fourth-order valence-corrected chi connectivity index (χ4v) is 4.41. The summed E-state index contributed by atoms with van der Waals surface area (Å²) in [6, 6.07) is 4.03. The molecule has 110 valence electrons. The lowest BCUT2D eigenvalue weighted by Gasteiger charge is -2.32. The second kappa shape index (κ2) is 5.80. The van der Waals surface area contributed by atoms with Crippen LogP contribution in [0.2, 0.25) is 0 Å². The fourth-order valence-electron chi connectivity index (χ4n) is 2.08. The Morgan fingerprint density at radius 1 is 1.50 bits per heavy atom. The van der Waals surface area contributed by atoms with Crippen molar-refractivity contribution in [2.24, 2.45) is 5.73 Å². The highest BCUT2D eigenvalue weighted by molar-refractivity contribution is 9.10. The zero-order chi connectivity index (χ0) is 14.9. The Labute approximate surface area is 126 Å². The topological polar surface area (TPSA) is 89.7 Å². The predicted octanol–water partition coefficient (Wildman–Crippen LogP) is 0.632. The van der Waals surface area contributed by atoms with Crippen molar-refractivity contribution in [3.05, 3.63) is 28.2 Å². The van der Waals surface area contributed by atoms with E-state index in [-0.39, 0.29) is 24.7 Å². The summed E-state index contributed by atoms with van der Waals surface area (Å²) in [7, 11) is -3.79. The summed E-state index contributed by atoms with van der Waals surface area (Å²) >= 11 is 3.26. The average Bonchev–Trinajstić information content (AvgIpc) is 2.41. The molecule has 1 saturated heterocycles. The lowest BCUT2D eigenvalue weighted by atomic mass is 10.2. The standard InChI is InChI=1S/C12H15BrN2O4S/c1-8-2-3-9(13)6-11(8)20(17,18)15-4-5-19-7-10(15)12(14)16/h2-3,6,10H,4-5,7H2,1H3,(H2,14,16). The fraction of sp³-hybridized carbons (Fsp3) is 0.417. The van der Waals surface area contributed by atoms with E-state index < -0.39 is 22.0 Å². The molecule has 1 atom stereocenters. The summed E-state index contributed by atoms with van der Waals surface area (Å²) in [6.45, 7) is 2.05. The van der Waals surface area contributed by atoms with Crippen molar-refractivity contribution < 1.29 is 17.9 Å². The van der Waals surface area contributed by atoms with E-state index in [0.29, 0.717) is 10.0 Å². The number of ether oxygens (including phenoxy) is 1. The van der Waals surface area contributed by atoms with Crippen molar-refractivity contribution in [3.8, 4) is 0 Å². The van der Waals surface area contributed by atoms with Gasteiger partial charge in [0.15, 0.2) is 0 Å². The van der Waals surface area contributed by atoms with Gasteiger partial charge in [-0.25, -0.2) is 8.42 Å². The van der Waals surface area contributed by atoms with Gasteiger partial charge in [0.25, 0.3) is 0 Å². The molecule has 0 spiro atoms. The van der Waals surface area contributed by atoms with Crippen LogP contribution in [0.5, 0.6) is 0 Å². The van der Waals surface area contributed by atoms with Gasteiger partial charge in [0, 0.05) is 11.0 Å². The number of nitrogens with zero attached hydrogens (tertiary/aromatic N) is 1. The Morgan fingerprint density at radius 3 is 2.85 bits per heavy atom. The van der Waals surface area contributed by atoms with E-state index >= 15 is 0 Å². The Morgan fingerprint density at radius 2 is 2.20 bits per heavy atom. The molecule has 1 aromatic rings. The third kappa shape index (κ3) is 2.88. The summed E-state index contributed by atoms with van der Waals surface area (Å²) in [5, 5.41) is 0. The molecular formula is C12H15BrN2O4S. The van der Waals surface area contributed by atoms with E-state index in [1.54, 1.807) is 19.1 Å². The van der Waals surface area contributed by atoms with Crippen LogP contribution in [0.4, 0.5) is 0 Å². The van der Waals surface area contributed by atoms with Crippen molar-refractivity contribution in [1.29, 1.82) is 0 Å². The third-order valence-electron chi connectivity index (χ3n) is 3.14. The molecule has 1 aliphatic rings. The number of aryl methyl sites for hydroxylation is 1. The van der Waals surface area contributed by atoms with E-state index in [4.69, 9.17) is 10.5 Å². The van der Waals surface area contributed by atoms with Gasteiger partial charge in [0.1, 0.15) is 6.04 Å². The lowest BCUT2D eigenvalue weighted by Crippen LogP contribution is -2.54. The molecule has 2 N–H and O–H groups in total. The molecule has 0 aliphatic carbocycles. The SMILES string of the molecule is Cc1ccc(Br)cc1S(=O)(=O)N1CCOCC1C(N)=O. The highest BCUT2D eigenvalue weighted by Gasteiger charge is 2.37. The molecule has 0 radical (unpaired) electrons. The van der Waals surface area contributed by atoms with Crippen LogP contribution in [0.15, 0.2) is 27.6 Å². The molecule has 1 heterocycles. The van der Waals surface area contributed by atoms with Crippen LogP contribution in [0.3, 0.4) is 0 Å². The van der Waals surface area contributed by atoms with Gasteiger partial charge >= 0.3 is 0 Å². The minimum absolute atomic E-state index is 0.0123. The molecule has 2 rings (SSSR count). The monoisotopic (exact) mass is 362 g/mol. The zero-order valence-corrected chi connectivity index (χ0v) is 13.3. The van der Waals surface area contributed by atoms with Crippen LogP contribution in [-0.2, 0) is 19.6 Å². The summed E-state index contributed by atoms with van der Waals surface area (Å²) in [6.07, 6.45) is 0. The predicted molar refractivity (Wildman–Crippen MR) is 76.6 cm³/mol. The highest BCUT2D eigenvalue weighted by atomic mass is 79.9. The van der Waals surface area contributed by atoms with Crippen molar-refractivity contribution in [1.82, 2.24) is 4.31 Å². The lowest BCUT2D eigenvalue weighted by molar-refractivity contribution is -0.125. The number of halogens is 1. The number of nitrogens with two attached hydrogens (primary N) is 1. The summed E-state index contributed by atoms with van der Waals surface area (Å²) in [5.41, 5.74) is 5.88. The number of hydrogen-bond acceptors (Lipinski definition) is 4. The maximum absolute atomic E-state index is 12.7. The third-order valence-corrected chi connectivity index (χ3v) is 5.69. The first kappa shape index (κ1) is 15.4. The smallest absolute Gasteiger partial charge is 0.244 e. The van der Waals surface area contributed by atoms with Crippen molar-refractivity contribution in [2.75, 3.05) is 19.8 Å². The molecule has 8 heteroatoms. The van der Waals surface area contributed by atoms with E-state index in [2.05, 4.69) is 15.9 Å². The van der Waals surface area contributed by atoms with Gasteiger partial charge in [0.05, 0.1) is 18.1 Å². The van der Waals surface area contributed by atoms with Crippen LogP contribution < -0.4 is 5.73 Å². The minimum atomic E-state index is -3.79. The summed E-state index contributed by atoms with van der Waals surface area (Å²) < 4.78 is 32.4. The molecule has 20 heavy (non-hydrogen) atoms. The molecule has 6 nitrogen and oxygen atoms in total. The van der Waals surface area contributed by atoms with Crippen molar-refractivity contribution in [2.45, 2.75) is 17.9 Å². The number of benzene rings is 1. The number of morpholine rings is 1. The van der Waals surface area contributed by atoms with Crippen molar-refractivity contribution >= 4 is 31.9 Å². The molecule has 1 amide bonds. The van der Waals surface area contributed by atoms with E-state index in [1.165, 1.54) is 6.07 Å². The number of rotatable bonds is 3. The van der Waals surface area contributed by atoms with Gasteiger partial charge in [-0.2, -0.15) is 4.31 Å². The van der Waals surface area contributed by atoms with Crippen LogP contribution in [0.25, 0.3) is 0 Å². The van der Waals surface area contributed by atoms with Gasteiger partial charge in [-0.15, -0.1) is 0 Å². The molecule has 0 bridgehead atoms. The second-order valence-electron chi connectivity index (χ2n) is 4.52. The molecule has 0 aromatic heterocycles. The number of carbonyl (C=O) groups is 1. The first-order chi connectivity index (χ1) is 9.34. The normalized spacial score (nSPS) is 20.8. The summed E-state index contributed by atoms with van der Waals surface area (Å²) in [4.78, 5) is 11.6. The van der Waals surface area contributed by atoms with Gasteiger partial charge in [-0.1, -0.05) is 22.0 Å². The number of sulfonamides is 1. The minimum Gasteiger partial charge on any atom is -0.378 e. The van der Waals surface area contributed by atoms with Crippen LogP contribution in [-0.4, -0.2) is 44.4 Å². The largest absolute Gasteiger partial charge is 0.378 e. The first-order valence-electron chi connectivity index (χ1n) is 5.99. The summed E-state index contributed by atoms with van der Waals surface area (Å²) in [5.74, 6) is -0.707. The van der Waals surface area contributed by atoms with Gasteiger partial charge in [0.2, 0.25) is 15.9 Å². The molecule has 1 aromatic carbocycles. The number of primary amides is 1. The van der Waals surface area contributed by atoms with Gasteiger partial charge in [-0.3, -0.25) is 4.79 Å². The van der Waals surface area contributed by atoms with Crippen LogP contribution >= 0.6 is 15.9 Å². The van der Waals surface area contributed by atoms with Crippen LogP contribution in [0.1, 0.15) is 5.56 Å². The second-order valence-corrected chi connectivity index (χ2v) is 7.29. The molecular weight excluding hydrogens is 348 g/mol. The van der Waals surface area contributed by atoms with E-state index in [1.807, 2.05) is 0 Å². The zero-order valence-electron chi connectivity index (χ0n) is 10.9. The van der Waals surface area contributed by atoms with E-state index in [0.717, 1.165) is 4.31 Å². The number of hydrogen-bond donors (Lipinski definition) is 1. The number of carbonyl (C=O) groups excluding carboxylic acids is 1. The maximum Gasteiger partial charge on any atom is 0.244 e. The maximum atomic E-state index is 12.7. The highest BCUT2D eigenvalue weighted by Crippen LogP contribution is 2.26. The first-order valence-corrected chi connectivity index (χ1v) is 8.22. The Bertz CT molecular complexity index is 632. The Balaban J connectivity index is 2.47. The quantitative estimate of drug-likeness (QED) is 0.853. The van der Waals surface area contributed by atoms with Gasteiger partial charge in [-0.05, 0) is 24.6 Å². The molecule has 1 aliphatic heterocycles. The average molecular weight is 363 g/mol. The Hall–Kier alpha value is -0.960. The Kier molecular flexibility index (Phi) is 4.48. The molecule has 0 saturated carbocycles. The van der Waals surface area contributed by atoms with Gasteiger partial charge < -0.3 is 10.5 Å². The van der Waals surface area contributed by atoms with E-state index in [9.17, 15) is 13.2 Å².